The summed E-state index contributed by atoms with van der Waals surface area (Å²) in [7, 11) is 0. The summed E-state index contributed by atoms with van der Waals surface area (Å²) < 4.78 is 4.31. The number of hydrogen-bond acceptors (Lipinski definition) is 8. The Morgan fingerprint density at radius 1 is 0.783 bits per heavy atom. The van der Waals surface area contributed by atoms with Crippen molar-refractivity contribution >= 4 is 74.8 Å². The molecule has 0 unspecified atom stereocenters. The van der Waals surface area contributed by atoms with Crippen LogP contribution in [-0.4, -0.2) is 44.5 Å². The van der Waals surface area contributed by atoms with Gasteiger partial charge in [0, 0.05) is 41.5 Å². The van der Waals surface area contributed by atoms with Crippen LogP contribution in [0.1, 0.15) is 24.8 Å². The van der Waals surface area contributed by atoms with Crippen LogP contribution in [0.15, 0.2) is 113 Å². The van der Waals surface area contributed by atoms with Crippen LogP contribution in [-0.2, 0) is 10.5 Å². The van der Waals surface area contributed by atoms with E-state index in [2.05, 4.69) is 75.0 Å². The molecule has 0 atom stereocenters. The molecular weight excluding hydrogens is 652 g/mol. The number of amides is 1. The number of aromatic nitrogens is 4. The second-order valence-corrected chi connectivity index (χ2v) is 14.0. The molecule has 1 N–H and O–H groups in total. The molecule has 1 aliphatic rings. The highest BCUT2D eigenvalue weighted by atomic mass is 35.5. The fourth-order valence-corrected chi connectivity index (χ4v) is 8.18. The number of thioether (sulfide) groups is 2. The molecule has 6 aromatic rings. The maximum Gasteiger partial charge on any atom is 0.234 e. The molecule has 0 spiro atoms. The molecule has 0 radical (unpaired) electrons. The van der Waals surface area contributed by atoms with E-state index in [1.54, 1.807) is 23.1 Å². The molecule has 7 nitrogen and oxygen atoms in total. The summed E-state index contributed by atoms with van der Waals surface area (Å²) in [5.74, 6) is 1.72. The number of nitrogens with zero attached hydrogens (tertiary/aromatic N) is 5. The molecule has 7 rings (SSSR count). The van der Waals surface area contributed by atoms with Gasteiger partial charge in [-0.05, 0) is 73.4 Å². The lowest BCUT2D eigenvalue weighted by Crippen LogP contribution is -2.29. The third-order valence-corrected chi connectivity index (χ3v) is 10.9. The zero-order chi connectivity index (χ0) is 30.4. The number of carbonyl (C=O) groups excluding carboxylic acids is 1. The topological polar surface area (TPSA) is 75.9 Å². The fraction of sp³-hybridized carbons (Fsp3) is 0.200. The third kappa shape index (κ3) is 7.58. The smallest absolute Gasteiger partial charge is 0.234 e. The van der Waals surface area contributed by atoms with Gasteiger partial charge in [-0.2, -0.15) is 0 Å². The predicted octanol–water partition coefficient (Wildman–Crippen LogP) is 8.98. The van der Waals surface area contributed by atoms with Crippen molar-refractivity contribution in [2.45, 2.75) is 34.5 Å². The number of thiazole rings is 1. The van der Waals surface area contributed by atoms with Crippen molar-refractivity contribution in [3.8, 4) is 17.1 Å². The SMILES string of the molecule is Cl.O=C(CSc1nnc(-c2ccc(CSc3nc4ccccc4s3)cc2)n1-c1ccccc1)Nc1ccc(N2CCCCC2)cc1. The number of hydrogen-bond donors (Lipinski definition) is 1. The summed E-state index contributed by atoms with van der Waals surface area (Å²) in [4.78, 5) is 20.1. The Hall–Kier alpha value is -3.83. The highest BCUT2D eigenvalue weighted by Gasteiger charge is 2.18. The molecule has 234 valence electrons. The van der Waals surface area contributed by atoms with Gasteiger partial charge in [0.1, 0.15) is 0 Å². The lowest BCUT2D eigenvalue weighted by molar-refractivity contribution is -0.113. The normalized spacial score (nSPS) is 13.0. The third-order valence-electron chi connectivity index (χ3n) is 7.70. The average molecular weight is 685 g/mol. The quantitative estimate of drug-likeness (QED) is 0.144. The van der Waals surface area contributed by atoms with Crippen molar-refractivity contribution in [1.29, 1.82) is 0 Å². The molecule has 11 heteroatoms. The van der Waals surface area contributed by atoms with Gasteiger partial charge in [-0.1, -0.05) is 78.1 Å². The number of carbonyl (C=O) groups is 1. The zero-order valence-corrected chi connectivity index (χ0v) is 28.3. The molecular formula is C35H33ClN6OS3. The first-order valence-electron chi connectivity index (χ1n) is 15.1. The molecule has 0 saturated carbocycles. The Morgan fingerprint density at radius 3 is 2.28 bits per heavy atom. The molecule has 2 aromatic heterocycles. The first-order valence-corrected chi connectivity index (χ1v) is 17.8. The van der Waals surface area contributed by atoms with Crippen molar-refractivity contribution in [2.24, 2.45) is 0 Å². The van der Waals surface area contributed by atoms with Gasteiger partial charge < -0.3 is 10.2 Å². The van der Waals surface area contributed by atoms with Gasteiger partial charge in [0.2, 0.25) is 5.91 Å². The van der Waals surface area contributed by atoms with Crippen molar-refractivity contribution in [3.05, 3.63) is 109 Å². The zero-order valence-electron chi connectivity index (χ0n) is 25.0. The number of fused-ring (bicyclic) bond motifs is 1. The van der Waals surface area contributed by atoms with Crippen LogP contribution in [0, 0.1) is 0 Å². The van der Waals surface area contributed by atoms with Crippen LogP contribution in [0.25, 0.3) is 27.3 Å². The summed E-state index contributed by atoms with van der Waals surface area (Å²) in [5, 5.41) is 12.8. The molecule has 1 saturated heterocycles. The summed E-state index contributed by atoms with van der Waals surface area (Å²) in [5.41, 5.74) is 6.19. The molecule has 3 heterocycles. The minimum Gasteiger partial charge on any atom is -0.372 e. The maximum atomic E-state index is 12.9. The lowest BCUT2D eigenvalue weighted by atomic mass is 10.1. The average Bonchev–Trinajstić information content (AvgIpc) is 3.72. The number of benzene rings is 4. The number of para-hydroxylation sites is 2. The van der Waals surface area contributed by atoms with Gasteiger partial charge in [-0.25, -0.2) is 4.98 Å². The van der Waals surface area contributed by atoms with E-state index in [1.807, 2.05) is 53.1 Å². The van der Waals surface area contributed by atoms with Crippen molar-refractivity contribution in [2.75, 3.05) is 29.1 Å². The monoisotopic (exact) mass is 684 g/mol. The van der Waals surface area contributed by atoms with E-state index in [0.29, 0.717) is 5.16 Å². The number of rotatable bonds is 10. The number of piperidine rings is 1. The van der Waals surface area contributed by atoms with Crippen LogP contribution in [0.2, 0.25) is 0 Å². The van der Waals surface area contributed by atoms with Crippen LogP contribution < -0.4 is 10.2 Å². The molecule has 4 aromatic carbocycles. The molecule has 46 heavy (non-hydrogen) atoms. The first-order chi connectivity index (χ1) is 22.2. The van der Waals surface area contributed by atoms with E-state index >= 15 is 0 Å². The van der Waals surface area contributed by atoms with Crippen LogP contribution >= 0.6 is 47.3 Å². The number of anilines is 2. The highest BCUT2D eigenvalue weighted by molar-refractivity contribution is 8.00. The largest absolute Gasteiger partial charge is 0.372 e. The lowest BCUT2D eigenvalue weighted by Gasteiger charge is -2.28. The van der Waals surface area contributed by atoms with Gasteiger partial charge in [-0.15, -0.1) is 33.9 Å². The first kappa shape index (κ1) is 32.1. The Morgan fingerprint density at radius 2 is 1.52 bits per heavy atom. The molecule has 1 fully saturated rings. The Kier molecular flexibility index (Phi) is 10.6. The molecule has 0 aliphatic carbocycles. The van der Waals surface area contributed by atoms with E-state index in [1.165, 1.54) is 47.0 Å². The Bertz CT molecular complexity index is 1850. The van der Waals surface area contributed by atoms with Crippen LogP contribution in [0.5, 0.6) is 0 Å². The predicted molar refractivity (Wildman–Crippen MR) is 195 cm³/mol. The minimum absolute atomic E-state index is 0. The number of nitrogens with one attached hydrogen (secondary N) is 1. The highest BCUT2D eigenvalue weighted by Crippen LogP contribution is 2.33. The van der Waals surface area contributed by atoms with Crippen molar-refractivity contribution in [1.82, 2.24) is 19.7 Å². The van der Waals surface area contributed by atoms with E-state index in [-0.39, 0.29) is 24.1 Å². The minimum atomic E-state index is -0.0788. The second-order valence-electron chi connectivity index (χ2n) is 10.8. The Balaban J connectivity index is 0.00000372. The standard InChI is InChI=1S/C35H32N6OS3.ClH/c42-32(36-27-17-19-28(20-18-27)40-21-7-2-8-22-40)24-43-34-39-38-33(41(34)29-9-3-1-4-10-29)26-15-13-25(14-16-26)23-44-35-37-30-11-5-6-12-31(30)45-35;/h1,3-6,9-20H,2,7-8,21-24H2,(H,36,42);1H. The molecule has 1 amide bonds. The van der Waals surface area contributed by atoms with Crippen LogP contribution in [0.3, 0.4) is 0 Å². The number of halogens is 1. The van der Waals surface area contributed by atoms with Gasteiger partial charge >= 0.3 is 0 Å². The Labute approximate surface area is 287 Å². The maximum absolute atomic E-state index is 12.9. The summed E-state index contributed by atoms with van der Waals surface area (Å²) in [6, 6.07) is 34.9. The molecule has 0 bridgehead atoms. The van der Waals surface area contributed by atoms with E-state index in [4.69, 9.17) is 4.98 Å². The van der Waals surface area contributed by atoms with Gasteiger partial charge in [0.05, 0.1) is 16.0 Å². The fourth-order valence-electron chi connectivity index (χ4n) is 5.40. The van der Waals surface area contributed by atoms with Crippen LogP contribution in [0.4, 0.5) is 11.4 Å². The summed E-state index contributed by atoms with van der Waals surface area (Å²) in [6.45, 7) is 2.20. The van der Waals surface area contributed by atoms with E-state index < -0.39 is 0 Å². The summed E-state index contributed by atoms with van der Waals surface area (Å²) in [6.07, 6.45) is 3.78. The van der Waals surface area contributed by atoms with Crippen molar-refractivity contribution < 1.29 is 4.79 Å². The second kappa shape index (κ2) is 15.2. The van der Waals surface area contributed by atoms with Gasteiger partial charge in [0.25, 0.3) is 0 Å². The van der Waals surface area contributed by atoms with E-state index in [0.717, 1.165) is 51.5 Å². The molecule has 1 aliphatic heterocycles. The summed E-state index contributed by atoms with van der Waals surface area (Å²) >= 11 is 4.86. The van der Waals surface area contributed by atoms with E-state index in [9.17, 15) is 4.79 Å². The van der Waals surface area contributed by atoms with Gasteiger partial charge in [-0.3, -0.25) is 9.36 Å². The van der Waals surface area contributed by atoms with Crippen molar-refractivity contribution in [3.63, 3.8) is 0 Å². The van der Waals surface area contributed by atoms with Gasteiger partial charge in [0.15, 0.2) is 15.3 Å².